The van der Waals surface area contributed by atoms with Gasteiger partial charge >= 0.3 is 0 Å². The van der Waals surface area contributed by atoms with Crippen LogP contribution in [0.15, 0.2) is 11.6 Å². The number of hydrogen-bond donors (Lipinski definition) is 0. The van der Waals surface area contributed by atoms with Crippen LogP contribution in [0, 0.1) is 11.8 Å². The summed E-state index contributed by atoms with van der Waals surface area (Å²) in [5.41, 5.74) is 0.808. The molecule has 0 aliphatic rings. The Morgan fingerprint density at radius 2 is 2.25 bits per heavy atom. The van der Waals surface area contributed by atoms with Gasteiger partial charge in [0.15, 0.2) is 0 Å². The van der Waals surface area contributed by atoms with Crippen LogP contribution in [0.1, 0.15) is 13.8 Å². The quantitative estimate of drug-likeness (QED) is 0.280. The van der Waals surface area contributed by atoms with Gasteiger partial charge in [0, 0.05) is 5.57 Å². The molecule has 0 N–H and O–H groups in total. The SMILES string of the molecule is CC#C/C(C)=C/C=O. The third-order valence-corrected chi connectivity index (χ3v) is 0.640. The Morgan fingerprint density at radius 1 is 1.62 bits per heavy atom. The minimum Gasteiger partial charge on any atom is -0.299 e. The Balaban J connectivity index is 3.93. The van der Waals surface area contributed by atoms with Gasteiger partial charge in [-0.1, -0.05) is 5.92 Å². The van der Waals surface area contributed by atoms with Crippen LogP contribution < -0.4 is 0 Å². The van der Waals surface area contributed by atoms with Crippen molar-refractivity contribution in [1.82, 2.24) is 0 Å². The zero-order valence-electron chi connectivity index (χ0n) is 5.06. The summed E-state index contributed by atoms with van der Waals surface area (Å²) in [6.07, 6.45) is 2.18. The van der Waals surface area contributed by atoms with E-state index < -0.39 is 0 Å². The van der Waals surface area contributed by atoms with E-state index in [9.17, 15) is 4.79 Å². The first kappa shape index (κ1) is 6.97. The monoisotopic (exact) mass is 108 g/mol. The van der Waals surface area contributed by atoms with Gasteiger partial charge in [0.1, 0.15) is 6.29 Å². The van der Waals surface area contributed by atoms with Crippen LogP contribution >= 0.6 is 0 Å². The topological polar surface area (TPSA) is 17.1 Å². The third-order valence-electron chi connectivity index (χ3n) is 0.640. The molecule has 0 heterocycles. The fourth-order valence-electron chi connectivity index (χ4n) is 0.341. The lowest BCUT2D eigenvalue weighted by Gasteiger charge is -1.76. The van der Waals surface area contributed by atoms with E-state index in [-0.39, 0.29) is 0 Å². The molecule has 0 amide bonds. The number of carbonyl (C=O) groups excluding carboxylic acids is 1. The van der Waals surface area contributed by atoms with Gasteiger partial charge in [-0.05, 0) is 19.9 Å². The van der Waals surface area contributed by atoms with Crippen molar-refractivity contribution in [1.29, 1.82) is 0 Å². The van der Waals surface area contributed by atoms with Crippen LogP contribution in [0.2, 0.25) is 0 Å². The average Bonchev–Trinajstić information content (AvgIpc) is 1.68. The molecule has 42 valence electrons. The molecule has 8 heavy (non-hydrogen) atoms. The Hall–Kier alpha value is -1.03. The van der Waals surface area contributed by atoms with Crippen LogP contribution in [0.4, 0.5) is 0 Å². The lowest BCUT2D eigenvalue weighted by atomic mass is 10.3. The van der Waals surface area contributed by atoms with Crippen LogP contribution in [0.5, 0.6) is 0 Å². The highest BCUT2D eigenvalue weighted by atomic mass is 16.1. The summed E-state index contributed by atoms with van der Waals surface area (Å²) in [6, 6.07) is 0. The van der Waals surface area contributed by atoms with Gasteiger partial charge in [-0.3, -0.25) is 4.79 Å². The summed E-state index contributed by atoms with van der Waals surface area (Å²) in [5.74, 6) is 5.40. The Bertz CT molecular complexity index is 155. The summed E-state index contributed by atoms with van der Waals surface area (Å²) >= 11 is 0. The first-order chi connectivity index (χ1) is 3.81. The van der Waals surface area contributed by atoms with Crippen molar-refractivity contribution >= 4 is 6.29 Å². The molecule has 0 aromatic heterocycles. The maximum absolute atomic E-state index is 9.75. The number of allylic oxidation sites excluding steroid dienone is 2. The Morgan fingerprint density at radius 3 is 2.62 bits per heavy atom. The van der Waals surface area contributed by atoms with Crippen LogP contribution in [-0.2, 0) is 4.79 Å². The maximum Gasteiger partial charge on any atom is 0.143 e. The van der Waals surface area contributed by atoms with Crippen molar-refractivity contribution in [2.45, 2.75) is 13.8 Å². The summed E-state index contributed by atoms with van der Waals surface area (Å²) in [7, 11) is 0. The summed E-state index contributed by atoms with van der Waals surface area (Å²) in [5, 5.41) is 0. The molecule has 1 nitrogen and oxygen atoms in total. The zero-order chi connectivity index (χ0) is 6.41. The van der Waals surface area contributed by atoms with Crippen molar-refractivity contribution in [2.75, 3.05) is 0 Å². The van der Waals surface area contributed by atoms with Crippen LogP contribution in [-0.4, -0.2) is 6.29 Å². The second-order valence-electron chi connectivity index (χ2n) is 1.36. The molecule has 0 aliphatic carbocycles. The Kier molecular flexibility index (Phi) is 3.60. The fraction of sp³-hybridized carbons (Fsp3) is 0.286. The lowest BCUT2D eigenvalue weighted by Crippen LogP contribution is -1.67. The van der Waals surface area contributed by atoms with Gasteiger partial charge in [-0.15, -0.1) is 5.92 Å². The molecular weight excluding hydrogens is 100 g/mol. The lowest BCUT2D eigenvalue weighted by molar-refractivity contribution is -0.104. The highest BCUT2D eigenvalue weighted by Gasteiger charge is 1.73. The molecule has 0 saturated carbocycles. The summed E-state index contributed by atoms with van der Waals surface area (Å²) < 4.78 is 0. The van der Waals surface area contributed by atoms with E-state index in [4.69, 9.17) is 0 Å². The molecule has 0 aliphatic heterocycles. The van der Waals surface area contributed by atoms with Gasteiger partial charge in [0.25, 0.3) is 0 Å². The van der Waals surface area contributed by atoms with Crippen molar-refractivity contribution in [3.63, 3.8) is 0 Å². The van der Waals surface area contributed by atoms with Crippen LogP contribution in [0.25, 0.3) is 0 Å². The summed E-state index contributed by atoms with van der Waals surface area (Å²) in [6.45, 7) is 3.53. The van der Waals surface area contributed by atoms with Gasteiger partial charge in [-0.25, -0.2) is 0 Å². The third kappa shape index (κ3) is 3.17. The maximum atomic E-state index is 9.75. The smallest absolute Gasteiger partial charge is 0.143 e. The van der Waals surface area contributed by atoms with E-state index in [1.807, 2.05) is 0 Å². The van der Waals surface area contributed by atoms with Crippen molar-refractivity contribution in [2.24, 2.45) is 0 Å². The minimum atomic E-state index is 0.736. The first-order valence-corrected chi connectivity index (χ1v) is 2.36. The standard InChI is InChI=1S/C7H8O/c1-3-4-7(2)5-6-8/h5-6H,1-2H3/b7-5+. The number of aldehydes is 1. The number of carbonyl (C=O) groups is 1. The van der Waals surface area contributed by atoms with E-state index in [1.165, 1.54) is 6.08 Å². The van der Waals surface area contributed by atoms with Crippen molar-refractivity contribution < 1.29 is 4.79 Å². The van der Waals surface area contributed by atoms with Crippen molar-refractivity contribution in [3.8, 4) is 11.8 Å². The fourth-order valence-corrected chi connectivity index (χ4v) is 0.341. The molecule has 0 spiro atoms. The molecule has 1 heteroatoms. The second kappa shape index (κ2) is 4.14. The summed E-state index contributed by atoms with van der Waals surface area (Å²) in [4.78, 5) is 9.75. The Labute approximate surface area is 49.4 Å². The van der Waals surface area contributed by atoms with E-state index in [2.05, 4.69) is 11.8 Å². The largest absolute Gasteiger partial charge is 0.299 e. The molecule has 0 rings (SSSR count). The van der Waals surface area contributed by atoms with E-state index >= 15 is 0 Å². The minimum absolute atomic E-state index is 0.736. The molecule has 0 bridgehead atoms. The van der Waals surface area contributed by atoms with E-state index in [0.29, 0.717) is 0 Å². The molecule has 0 radical (unpaired) electrons. The van der Waals surface area contributed by atoms with E-state index in [1.54, 1.807) is 13.8 Å². The first-order valence-electron chi connectivity index (χ1n) is 2.36. The highest BCUT2D eigenvalue weighted by molar-refractivity contribution is 5.67. The molecule has 0 aromatic rings. The molecule has 0 atom stereocenters. The molecule has 0 fully saturated rings. The molecular formula is C7H8O. The van der Waals surface area contributed by atoms with Crippen LogP contribution in [0.3, 0.4) is 0 Å². The molecule has 0 aromatic carbocycles. The second-order valence-corrected chi connectivity index (χ2v) is 1.36. The predicted octanol–water partition coefficient (Wildman–Crippen LogP) is 1.15. The highest BCUT2D eigenvalue weighted by Crippen LogP contribution is 1.83. The normalized spacial score (nSPS) is 9.50. The van der Waals surface area contributed by atoms with Gasteiger partial charge in [0.05, 0.1) is 0 Å². The molecule has 0 saturated heterocycles. The predicted molar refractivity (Wildman–Crippen MR) is 33.3 cm³/mol. The van der Waals surface area contributed by atoms with Crippen molar-refractivity contribution in [3.05, 3.63) is 11.6 Å². The van der Waals surface area contributed by atoms with E-state index in [0.717, 1.165) is 11.9 Å². The zero-order valence-corrected chi connectivity index (χ0v) is 5.06. The van der Waals surface area contributed by atoms with Gasteiger partial charge < -0.3 is 0 Å². The number of hydrogen-bond acceptors (Lipinski definition) is 1. The average molecular weight is 108 g/mol. The number of rotatable bonds is 1. The van der Waals surface area contributed by atoms with Gasteiger partial charge in [-0.2, -0.15) is 0 Å². The molecule has 0 unspecified atom stereocenters. The van der Waals surface area contributed by atoms with Gasteiger partial charge in [0.2, 0.25) is 0 Å².